The first-order valence-corrected chi connectivity index (χ1v) is 13.0. The highest BCUT2D eigenvalue weighted by Gasteiger charge is 2.36. The van der Waals surface area contributed by atoms with E-state index in [4.69, 9.17) is 9.72 Å². The molecule has 0 saturated carbocycles. The number of benzene rings is 3. The van der Waals surface area contributed by atoms with Gasteiger partial charge in [0, 0.05) is 10.9 Å². The van der Waals surface area contributed by atoms with Crippen molar-refractivity contribution in [2.45, 2.75) is 6.92 Å². The van der Waals surface area contributed by atoms with Crippen molar-refractivity contribution in [2.75, 3.05) is 11.5 Å². The molecule has 39 heavy (non-hydrogen) atoms. The molecule has 0 N–H and O–H groups in total. The lowest BCUT2D eigenvalue weighted by molar-refractivity contribution is 0.0477. The Morgan fingerprint density at radius 3 is 2.26 bits per heavy atom. The zero-order chi connectivity index (χ0) is 27.1. The molecule has 0 fully saturated rings. The Bertz CT molecular complexity index is 1760. The molecule has 0 spiro atoms. The number of carbonyl (C=O) groups excluding carboxylic acids is 4. The second kappa shape index (κ2) is 9.74. The molecule has 0 radical (unpaired) electrons. The number of nitrogens with zero attached hydrogens (tertiary/aromatic N) is 2. The van der Waals surface area contributed by atoms with Gasteiger partial charge >= 0.3 is 5.97 Å². The first-order valence-electron chi connectivity index (χ1n) is 12.1. The molecular weight excluding hydrogens is 512 g/mol. The number of hydrogen-bond acceptors (Lipinski definition) is 7. The maximum Gasteiger partial charge on any atom is 0.339 e. The molecule has 2 amide bonds. The second-order valence-corrected chi connectivity index (χ2v) is 9.99. The Hall–Kier alpha value is -4.95. The highest BCUT2D eigenvalue weighted by atomic mass is 32.1. The molecule has 1 aliphatic rings. The van der Waals surface area contributed by atoms with Gasteiger partial charge < -0.3 is 4.74 Å². The summed E-state index contributed by atoms with van der Waals surface area (Å²) in [6, 6.07) is 24.2. The fraction of sp³-hybridized carbons (Fsp3) is 0.0645. The fourth-order valence-corrected chi connectivity index (χ4v) is 5.28. The van der Waals surface area contributed by atoms with Crippen LogP contribution in [0.5, 0.6) is 0 Å². The maximum atomic E-state index is 13.2. The molecule has 5 aromatic rings. The molecule has 2 aromatic heterocycles. The van der Waals surface area contributed by atoms with Gasteiger partial charge in [0.15, 0.2) is 6.61 Å². The van der Waals surface area contributed by atoms with Crippen LogP contribution in [0, 0.1) is 6.92 Å². The van der Waals surface area contributed by atoms with Gasteiger partial charge in [0.1, 0.15) is 0 Å². The molecule has 0 bridgehead atoms. The van der Waals surface area contributed by atoms with Crippen molar-refractivity contribution in [1.82, 2.24) is 4.98 Å². The van der Waals surface area contributed by atoms with Crippen LogP contribution in [-0.4, -0.2) is 35.2 Å². The van der Waals surface area contributed by atoms with Gasteiger partial charge in [0.25, 0.3) is 11.8 Å². The van der Waals surface area contributed by atoms with E-state index >= 15 is 0 Å². The van der Waals surface area contributed by atoms with Crippen LogP contribution in [0.1, 0.15) is 46.3 Å². The molecule has 1 aliphatic heterocycles. The minimum atomic E-state index is -0.623. The Kier molecular flexibility index (Phi) is 6.09. The van der Waals surface area contributed by atoms with Crippen molar-refractivity contribution in [3.63, 3.8) is 0 Å². The maximum absolute atomic E-state index is 13.2. The molecule has 3 heterocycles. The van der Waals surface area contributed by atoms with Crippen LogP contribution in [0.2, 0.25) is 0 Å². The van der Waals surface area contributed by atoms with Crippen LogP contribution in [0.25, 0.3) is 22.2 Å². The monoisotopic (exact) mass is 532 g/mol. The van der Waals surface area contributed by atoms with E-state index in [-0.39, 0.29) is 24.2 Å². The van der Waals surface area contributed by atoms with E-state index < -0.39 is 5.97 Å². The number of aromatic nitrogens is 1. The number of esters is 1. The van der Waals surface area contributed by atoms with Crippen molar-refractivity contribution >= 4 is 51.5 Å². The fourth-order valence-electron chi connectivity index (χ4n) is 4.63. The van der Waals surface area contributed by atoms with Gasteiger partial charge in [-0.2, -0.15) is 0 Å². The van der Waals surface area contributed by atoms with E-state index in [1.54, 1.807) is 78.2 Å². The van der Waals surface area contributed by atoms with Gasteiger partial charge in [0.2, 0.25) is 5.78 Å². The van der Waals surface area contributed by atoms with Crippen molar-refractivity contribution in [3.05, 3.63) is 117 Å². The number of imide groups is 1. The standard InChI is InChI=1S/C31H20N2O5S/c1-18-6-4-9-21-24(31(37)38-17-26(34)27-10-5-15-39-27)16-25(32-28(18)21)19-11-13-20(14-12-19)33-29(35)22-7-2-3-8-23(22)30(33)36/h2-16H,17H2,1H3. The first-order chi connectivity index (χ1) is 18.9. The number of ketones is 1. The lowest BCUT2D eigenvalue weighted by Gasteiger charge is -2.15. The number of thiophene rings is 1. The molecule has 0 unspecified atom stereocenters. The number of Topliss-reactive ketones (excluding diaryl/α,β-unsaturated/α-hetero) is 1. The summed E-state index contributed by atoms with van der Waals surface area (Å²) >= 11 is 1.29. The molecule has 0 aliphatic carbocycles. The number of ether oxygens (including phenoxy) is 1. The number of para-hydroxylation sites is 1. The first kappa shape index (κ1) is 24.4. The Labute approximate surface area is 227 Å². The topological polar surface area (TPSA) is 93.6 Å². The SMILES string of the molecule is Cc1cccc2c(C(=O)OCC(=O)c3cccs3)cc(-c3ccc(N4C(=O)c5ccccc5C4=O)cc3)nc12. The number of aryl methyl sites for hydroxylation is 1. The summed E-state index contributed by atoms with van der Waals surface area (Å²) in [7, 11) is 0. The molecule has 3 aromatic carbocycles. The Balaban J connectivity index is 1.32. The van der Waals surface area contributed by atoms with Gasteiger partial charge in [0.05, 0.1) is 38.5 Å². The average Bonchev–Trinajstić information content (AvgIpc) is 3.59. The smallest absolute Gasteiger partial charge is 0.339 e. The number of anilines is 1. The molecule has 0 saturated heterocycles. The third-order valence-corrected chi connectivity index (χ3v) is 7.52. The van der Waals surface area contributed by atoms with Crippen molar-refractivity contribution in [1.29, 1.82) is 0 Å². The molecule has 7 nitrogen and oxygen atoms in total. The predicted octanol–water partition coefficient (Wildman–Crippen LogP) is 6.11. The van der Waals surface area contributed by atoms with E-state index in [1.807, 2.05) is 19.1 Å². The molecule has 6 rings (SSSR count). The summed E-state index contributed by atoms with van der Waals surface area (Å²) < 4.78 is 5.40. The minimum Gasteiger partial charge on any atom is -0.454 e. The van der Waals surface area contributed by atoms with Gasteiger partial charge in [-0.1, -0.05) is 48.5 Å². The zero-order valence-corrected chi connectivity index (χ0v) is 21.5. The van der Waals surface area contributed by atoms with E-state index in [1.165, 1.54) is 11.3 Å². The molecule has 190 valence electrons. The normalized spacial score (nSPS) is 12.6. The van der Waals surface area contributed by atoms with Crippen LogP contribution in [0.4, 0.5) is 5.69 Å². The van der Waals surface area contributed by atoms with Crippen LogP contribution in [0.15, 0.2) is 90.3 Å². The number of amides is 2. The summed E-state index contributed by atoms with van der Waals surface area (Å²) in [5, 5.41) is 2.41. The summed E-state index contributed by atoms with van der Waals surface area (Å²) in [5.74, 6) is -1.63. The Morgan fingerprint density at radius 2 is 1.59 bits per heavy atom. The van der Waals surface area contributed by atoms with Gasteiger partial charge in [-0.3, -0.25) is 14.4 Å². The zero-order valence-electron chi connectivity index (χ0n) is 20.7. The predicted molar refractivity (Wildman–Crippen MR) is 148 cm³/mol. The van der Waals surface area contributed by atoms with Gasteiger partial charge in [-0.15, -0.1) is 11.3 Å². The van der Waals surface area contributed by atoms with Gasteiger partial charge in [-0.05, 0) is 54.3 Å². The minimum absolute atomic E-state index is 0.267. The van der Waals surface area contributed by atoms with E-state index in [0.717, 1.165) is 10.5 Å². The molecule has 0 atom stereocenters. The average molecular weight is 533 g/mol. The number of rotatable bonds is 6. The largest absolute Gasteiger partial charge is 0.454 e. The number of hydrogen-bond donors (Lipinski definition) is 0. The second-order valence-electron chi connectivity index (χ2n) is 9.04. The lowest BCUT2D eigenvalue weighted by Crippen LogP contribution is -2.29. The van der Waals surface area contributed by atoms with Crippen molar-refractivity contribution < 1.29 is 23.9 Å². The van der Waals surface area contributed by atoms with Crippen molar-refractivity contribution in [3.8, 4) is 11.3 Å². The third-order valence-electron chi connectivity index (χ3n) is 6.61. The van der Waals surface area contributed by atoms with Crippen LogP contribution < -0.4 is 4.90 Å². The lowest BCUT2D eigenvalue weighted by atomic mass is 10.0. The van der Waals surface area contributed by atoms with Crippen molar-refractivity contribution in [2.24, 2.45) is 0 Å². The van der Waals surface area contributed by atoms with E-state index in [2.05, 4.69) is 0 Å². The quantitative estimate of drug-likeness (QED) is 0.149. The number of fused-ring (bicyclic) bond motifs is 2. The van der Waals surface area contributed by atoms with E-state index in [0.29, 0.717) is 49.4 Å². The summed E-state index contributed by atoms with van der Waals surface area (Å²) in [5.41, 5.74) is 4.19. The van der Waals surface area contributed by atoms with Gasteiger partial charge in [-0.25, -0.2) is 14.7 Å². The summed E-state index contributed by atoms with van der Waals surface area (Å²) in [6.45, 7) is 1.54. The Morgan fingerprint density at radius 1 is 0.872 bits per heavy atom. The third kappa shape index (κ3) is 4.30. The van der Waals surface area contributed by atoms with Crippen LogP contribution >= 0.6 is 11.3 Å². The highest BCUT2D eigenvalue weighted by Crippen LogP contribution is 2.32. The number of carbonyl (C=O) groups is 4. The highest BCUT2D eigenvalue weighted by molar-refractivity contribution is 7.12. The van der Waals surface area contributed by atoms with E-state index in [9.17, 15) is 19.2 Å². The summed E-state index contributed by atoms with van der Waals surface area (Å²) in [6.07, 6.45) is 0. The summed E-state index contributed by atoms with van der Waals surface area (Å²) in [4.78, 5) is 57.7. The molecular formula is C31H20N2O5S. The van der Waals surface area contributed by atoms with Crippen LogP contribution in [-0.2, 0) is 4.74 Å². The number of pyridine rings is 1. The molecule has 8 heteroatoms. The van der Waals surface area contributed by atoms with Crippen LogP contribution in [0.3, 0.4) is 0 Å².